The van der Waals surface area contributed by atoms with Crippen LogP contribution in [-0.2, 0) is 29.1 Å². The average Bonchev–Trinajstić information content (AvgIpc) is 2.78. The average molecular weight is 433 g/mol. The molecule has 166 valence electrons. The monoisotopic (exact) mass is 432 g/mol. The van der Waals surface area contributed by atoms with Crippen molar-refractivity contribution in [1.82, 2.24) is 5.32 Å². The first kappa shape index (κ1) is 23.2. The molecule has 0 atom stereocenters. The number of nitrogens with one attached hydrogen (secondary N) is 1. The van der Waals surface area contributed by atoms with Gasteiger partial charge in [0.1, 0.15) is 5.82 Å². The molecule has 0 radical (unpaired) electrons. The van der Waals surface area contributed by atoms with Crippen LogP contribution in [0.2, 0.25) is 0 Å². The third kappa shape index (κ3) is 7.05. The number of nitrogens with zero attached hydrogens (tertiary/aromatic N) is 1. The van der Waals surface area contributed by atoms with Crippen LogP contribution in [0.25, 0.3) is 0 Å². The lowest BCUT2D eigenvalue weighted by Crippen LogP contribution is -2.31. The quantitative estimate of drug-likeness (QED) is 0.501. The maximum Gasteiger partial charge on any atom is 0.227 e. The van der Waals surface area contributed by atoms with E-state index in [4.69, 9.17) is 0 Å². The summed E-state index contributed by atoms with van der Waals surface area (Å²) in [5.41, 5.74) is 3.54. The molecular weight excluding hydrogens is 403 g/mol. The van der Waals surface area contributed by atoms with Crippen molar-refractivity contribution in [3.8, 4) is 0 Å². The molecule has 0 aliphatic heterocycles. The zero-order valence-corrected chi connectivity index (χ0v) is 18.6. The van der Waals surface area contributed by atoms with Crippen molar-refractivity contribution in [2.24, 2.45) is 5.92 Å². The number of rotatable bonds is 9. The Morgan fingerprint density at radius 3 is 2.09 bits per heavy atom. The Kier molecular flexibility index (Phi) is 8.14. The summed E-state index contributed by atoms with van der Waals surface area (Å²) in [6.07, 6.45) is 0.690. The molecule has 0 unspecified atom stereocenters. The largest absolute Gasteiger partial charge is 0.352 e. The van der Waals surface area contributed by atoms with Crippen molar-refractivity contribution < 1.29 is 14.0 Å². The van der Waals surface area contributed by atoms with E-state index in [2.05, 4.69) is 5.32 Å². The van der Waals surface area contributed by atoms with Gasteiger partial charge >= 0.3 is 0 Å². The number of amides is 2. The summed E-state index contributed by atoms with van der Waals surface area (Å²) in [6, 6.07) is 23.4. The van der Waals surface area contributed by atoms with Gasteiger partial charge in [0.25, 0.3) is 0 Å². The Hall–Kier alpha value is -3.47. The highest BCUT2D eigenvalue weighted by atomic mass is 19.1. The molecule has 5 heteroatoms. The summed E-state index contributed by atoms with van der Waals surface area (Å²) in [5, 5.41) is 2.93. The second-order valence-electron chi connectivity index (χ2n) is 8.31. The van der Waals surface area contributed by atoms with E-state index in [1.807, 2.05) is 68.4 Å². The van der Waals surface area contributed by atoms with Gasteiger partial charge in [-0.3, -0.25) is 9.59 Å². The van der Waals surface area contributed by atoms with Gasteiger partial charge in [0, 0.05) is 18.7 Å². The van der Waals surface area contributed by atoms with Gasteiger partial charge in [-0.05, 0) is 46.9 Å². The molecule has 0 saturated heterocycles. The number of hydrogen-bond donors (Lipinski definition) is 1. The Labute approximate surface area is 189 Å². The van der Waals surface area contributed by atoms with Crippen LogP contribution in [0.4, 0.5) is 10.1 Å². The SMILES string of the molecule is CC(C)CC(=O)N(Cc1ccc(F)cc1)c1ccc(CC(=O)NCc2ccccc2)cc1. The molecular formula is C27H29FN2O2. The van der Waals surface area contributed by atoms with E-state index in [0.29, 0.717) is 19.5 Å². The zero-order chi connectivity index (χ0) is 22.9. The van der Waals surface area contributed by atoms with E-state index < -0.39 is 0 Å². The van der Waals surface area contributed by atoms with Gasteiger partial charge in [-0.15, -0.1) is 0 Å². The molecule has 2 amide bonds. The Balaban J connectivity index is 1.66. The molecule has 32 heavy (non-hydrogen) atoms. The van der Waals surface area contributed by atoms with Gasteiger partial charge in [-0.1, -0.05) is 68.4 Å². The Bertz CT molecular complexity index is 1020. The molecule has 3 aromatic carbocycles. The number of halogens is 1. The standard InChI is InChI=1S/C27H29FN2O2/c1-20(2)16-27(32)30(19-23-8-12-24(28)13-9-23)25-14-10-21(11-15-25)17-26(31)29-18-22-6-4-3-5-7-22/h3-15,20H,16-19H2,1-2H3,(H,29,31). The smallest absolute Gasteiger partial charge is 0.227 e. The van der Waals surface area contributed by atoms with Crippen LogP contribution < -0.4 is 10.2 Å². The van der Waals surface area contributed by atoms with Crippen LogP contribution in [0, 0.1) is 11.7 Å². The number of carbonyl (C=O) groups excluding carboxylic acids is 2. The van der Waals surface area contributed by atoms with E-state index in [1.54, 1.807) is 17.0 Å². The summed E-state index contributed by atoms with van der Waals surface area (Å²) in [7, 11) is 0. The van der Waals surface area contributed by atoms with Gasteiger partial charge in [-0.25, -0.2) is 4.39 Å². The number of benzene rings is 3. The van der Waals surface area contributed by atoms with Crippen molar-refractivity contribution >= 4 is 17.5 Å². The lowest BCUT2D eigenvalue weighted by Gasteiger charge is -2.24. The Morgan fingerprint density at radius 1 is 0.844 bits per heavy atom. The minimum atomic E-state index is -0.302. The van der Waals surface area contributed by atoms with Crippen LogP contribution in [-0.4, -0.2) is 11.8 Å². The van der Waals surface area contributed by atoms with Crippen LogP contribution in [0.15, 0.2) is 78.9 Å². The van der Waals surface area contributed by atoms with Crippen LogP contribution in [0.5, 0.6) is 0 Å². The predicted molar refractivity (Wildman–Crippen MR) is 125 cm³/mol. The second-order valence-corrected chi connectivity index (χ2v) is 8.31. The minimum absolute atomic E-state index is 0.0117. The number of hydrogen-bond acceptors (Lipinski definition) is 2. The molecule has 3 rings (SSSR count). The van der Waals surface area contributed by atoms with E-state index in [-0.39, 0.29) is 30.0 Å². The third-order valence-corrected chi connectivity index (χ3v) is 5.08. The molecule has 0 spiro atoms. The fourth-order valence-electron chi connectivity index (χ4n) is 3.39. The highest BCUT2D eigenvalue weighted by Gasteiger charge is 2.18. The lowest BCUT2D eigenvalue weighted by atomic mass is 10.1. The van der Waals surface area contributed by atoms with Crippen LogP contribution in [0.1, 0.15) is 37.0 Å². The highest BCUT2D eigenvalue weighted by Crippen LogP contribution is 2.21. The van der Waals surface area contributed by atoms with Gasteiger partial charge in [0.05, 0.1) is 13.0 Å². The molecule has 3 aromatic rings. The summed E-state index contributed by atoms with van der Waals surface area (Å²) >= 11 is 0. The van der Waals surface area contributed by atoms with Gasteiger partial charge in [0.15, 0.2) is 0 Å². The van der Waals surface area contributed by atoms with Crippen molar-refractivity contribution in [2.45, 2.75) is 39.8 Å². The number of carbonyl (C=O) groups is 2. The van der Waals surface area contributed by atoms with E-state index in [9.17, 15) is 14.0 Å². The molecule has 0 aliphatic rings. The molecule has 0 heterocycles. The summed E-state index contributed by atoms with van der Waals surface area (Å²) in [4.78, 5) is 26.9. The molecule has 0 fully saturated rings. The zero-order valence-electron chi connectivity index (χ0n) is 18.6. The van der Waals surface area contributed by atoms with Crippen molar-refractivity contribution in [3.63, 3.8) is 0 Å². The van der Waals surface area contributed by atoms with Crippen molar-refractivity contribution in [2.75, 3.05) is 4.90 Å². The normalized spacial score (nSPS) is 10.8. The van der Waals surface area contributed by atoms with E-state index in [0.717, 1.165) is 22.4 Å². The molecule has 0 aromatic heterocycles. The van der Waals surface area contributed by atoms with Gasteiger partial charge in [-0.2, -0.15) is 0 Å². The van der Waals surface area contributed by atoms with Crippen molar-refractivity contribution in [1.29, 1.82) is 0 Å². The van der Waals surface area contributed by atoms with Gasteiger partial charge in [0.2, 0.25) is 11.8 Å². The lowest BCUT2D eigenvalue weighted by molar-refractivity contribution is -0.121. The molecule has 0 aliphatic carbocycles. The maximum atomic E-state index is 13.3. The van der Waals surface area contributed by atoms with Crippen LogP contribution in [0.3, 0.4) is 0 Å². The van der Waals surface area contributed by atoms with Crippen LogP contribution >= 0.6 is 0 Å². The molecule has 1 N–H and O–H groups in total. The highest BCUT2D eigenvalue weighted by molar-refractivity contribution is 5.93. The first-order valence-corrected chi connectivity index (χ1v) is 10.8. The molecule has 4 nitrogen and oxygen atoms in total. The Morgan fingerprint density at radius 2 is 1.47 bits per heavy atom. The fraction of sp³-hybridized carbons (Fsp3) is 0.259. The number of anilines is 1. The second kappa shape index (κ2) is 11.2. The minimum Gasteiger partial charge on any atom is -0.352 e. The molecule has 0 bridgehead atoms. The summed E-state index contributed by atoms with van der Waals surface area (Å²) < 4.78 is 13.3. The van der Waals surface area contributed by atoms with Gasteiger partial charge < -0.3 is 10.2 Å². The summed E-state index contributed by atoms with van der Waals surface area (Å²) in [6.45, 7) is 4.87. The third-order valence-electron chi connectivity index (χ3n) is 5.08. The summed E-state index contributed by atoms with van der Waals surface area (Å²) in [5.74, 6) is -0.118. The topological polar surface area (TPSA) is 49.4 Å². The predicted octanol–water partition coefficient (Wildman–Crippen LogP) is 5.26. The van der Waals surface area contributed by atoms with Crippen molar-refractivity contribution in [3.05, 3.63) is 101 Å². The maximum absolute atomic E-state index is 13.3. The van der Waals surface area contributed by atoms with E-state index in [1.165, 1.54) is 12.1 Å². The molecule has 0 saturated carbocycles. The van der Waals surface area contributed by atoms with E-state index >= 15 is 0 Å². The fourth-order valence-corrected chi connectivity index (χ4v) is 3.39. The first-order chi connectivity index (χ1) is 15.4. The first-order valence-electron chi connectivity index (χ1n) is 10.8.